The van der Waals surface area contributed by atoms with Gasteiger partial charge in [0.25, 0.3) is 0 Å². The fourth-order valence-corrected chi connectivity index (χ4v) is 4.07. The van der Waals surface area contributed by atoms with E-state index in [0.717, 1.165) is 65.3 Å². The minimum Gasteiger partial charge on any atom is -0.383 e. The van der Waals surface area contributed by atoms with Gasteiger partial charge in [0.2, 0.25) is 5.91 Å². The average molecular weight is 375 g/mol. The van der Waals surface area contributed by atoms with Gasteiger partial charge in [-0.3, -0.25) is 4.79 Å². The smallest absolute Gasteiger partial charge is 0.239 e. The second-order valence-electron chi connectivity index (χ2n) is 7.64. The predicted molar refractivity (Wildman–Crippen MR) is 109 cm³/mol. The van der Waals surface area contributed by atoms with Gasteiger partial charge in [-0.05, 0) is 45.0 Å². The van der Waals surface area contributed by atoms with E-state index in [9.17, 15) is 4.79 Å². The van der Waals surface area contributed by atoms with Crippen molar-refractivity contribution in [3.63, 3.8) is 0 Å². The van der Waals surface area contributed by atoms with Crippen LogP contribution in [0.3, 0.4) is 0 Å². The summed E-state index contributed by atoms with van der Waals surface area (Å²) in [5.41, 5.74) is 1.25. The number of benzene rings is 1. The van der Waals surface area contributed by atoms with Crippen molar-refractivity contribution in [1.29, 1.82) is 0 Å². The summed E-state index contributed by atoms with van der Waals surface area (Å²) >= 11 is 0. The summed E-state index contributed by atoms with van der Waals surface area (Å²) in [6.07, 6.45) is 2.20. The van der Waals surface area contributed by atoms with Crippen LogP contribution in [-0.4, -0.2) is 87.3 Å². The third kappa shape index (κ3) is 5.67. The van der Waals surface area contributed by atoms with Crippen molar-refractivity contribution in [2.24, 2.45) is 0 Å². The van der Waals surface area contributed by atoms with Crippen LogP contribution in [0.4, 0.5) is 5.69 Å². The molecule has 0 bridgehead atoms. The molecule has 6 nitrogen and oxygen atoms in total. The molecule has 150 valence electrons. The first-order valence-corrected chi connectivity index (χ1v) is 10.2. The molecule has 0 aromatic heterocycles. The normalized spacial score (nSPS) is 20.7. The first-order valence-electron chi connectivity index (χ1n) is 10.2. The van der Waals surface area contributed by atoms with Crippen LogP contribution in [0.1, 0.15) is 19.8 Å². The van der Waals surface area contributed by atoms with E-state index in [1.165, 1.54) is 5.69 Å². The number of hydrogen-bond acceptors (Lipinski definition) is 5. The van der Waals surface area contributed by atoms with E-state index < -0.39 is 0 Å². The number of rotatable bonds is 7. The zero-order valence-electron chi connectivity index (χ0n) is 16.8. The van der Waals surface area contributed by atoms with Gasteiger partial charge >= 0.3 is 0 Å². The molecule has 2 heterocycles. The largest absolute Gasteiger partial charge is 0.383 e. The lowest BCUT2D eigenvalue weighted by molar-refractivity contribution is -0.133. The maximum absolute atomic E-state index is 12.8. The van der Waals surface area contributed by atoms with E-state index in [2.05, 4.69) is 39.4 Å². The van der Waals surface area contributed by atoms with Crippen molar-refractivity contribution in [1.82, 2.24) is 15.1 Å². The quantitative estimate of drug-likeness (QED) is 0.782. The van der Waals surface area contributed by atoms with E-state index in [4.69, 9.17) is 4.74 Å². The molecule has 1 atom stereocenters. The van der Waals surface area contributed by atoms with Gasteiger partial charge in [-0.2, -0.15) is 0 Å². The molecule has 2 aliphatic heterocycles. The van der Waals surface area contributed by atoms with Crippen LogP contribution in [0.5, 0.6) is 0 Å². The van der Waals surface area contributed by atoms with Gasteiger partial charge in [0.15, 0.2) is 0 Å². The topological polar surface area (TPSA) is 48.1 Å². The Labute approximate surface area is 163 Å². The van der Waals surface area contributed by atoms with Gasteiger partial charge < -0.3 is 24.8 Å². The highest BCUT2D eigenvalue weighted by Crippen LogP contribution is 2.16. The first kappa shape index (κ1) is 20.1. The van der Waals surface area contributed by atoms with Crippen LogP contribution >= 0.6 is 0 Å². The maximum atomic E-state index is 12.8. The molecule has 1 N–H and O–H groups in total. The van der Waals surface area contributed by atoms with Gasteiger partial charge in [-0.1, -0.05) is 18.2 Å². The van der Waals surface area contributed by atoms with E-state index >= 15 is 0 Å². The molecule has 0 radical (unpaired) electrons. The van der Waals surface area contributed by atoms with E-state index in [0.29, 0.717) is 6.04 Å². The van der Waals surface area contributed by atoms with E-state index in [-0.39, 0.29) is 11.9 Å². The fraction of sp³-hybridized carbons (Fsp3) is 0.667. The lowest BCUT2D eigenvalue weighted by atomic mass is 10.0. The van der Waals surface area contributed by atoms with Crippen molar-refractivity contribution >= 4 is 11.6 Å². The summed E-state index contributed by atoms with van der Waals surface area (Å²) in [6, 6.07) is 10.8. The SMILES string of the molecule is COCCN1CCC(N[C@H](C)C(=O)N2CCN(c3ccccc3)CC2)CC1. The van der Waals surface area contributed by atoms with Crippen LogP contribution in [-0.2, 0) is 9.53 Å². The summed E-state index contributed by atoms with van der Waals surface area (Å²) in [4.78, 5) is 19.7. The predicted octanol–water partition coefficient (Wildman–Crippen LogP) is 1.42. The number of para-hydroxylation sites is 1. The van der Waals surface area contributed by atoms with Crippen molar-refractivity contribution < 1.29 is 9.53 Å². The molecule has 2 saturated heterocycles. The highest BCUT2D eigenvalue weighted by atomic mass is 16.5. The third-order valence-electron chi connectivity index (χ3n) is 5.77. The summed E-state index contributed by atoms with van der Waals surface area (Å²) < 4.78 is 5.16. The number of carbonyl (C=O) groups is 1. The van der Waals surface area contributed by atoms with Crippen LogP contribution in [0.2, 0.25) is 0 Å². The Morgan fingerprint density at radius 1 is 1.11 bits per heavy atom. The Morgan fingerprint density at radius 3 is 2.41 bits per heavy atom. The number of nitrogens with one attached hydrogen (secondary N) is 1. The number of piperidine rings is 1. The number of carbonyl (C=O) groups excluding carboxylic acids is 1. The van der Waals surface area contributed by atoms with E-state index in [1.54, 1.807) is 7.11 Å². The van der Waals surface area contributed by atoms with Crippen LogP contribution in [0.25, 0.3) is 0 Å². The van der Waals surface area contributed by atoms with E-state index in [1.807, 2.05) is 17.9 Å². The number of amides is 1. The van der Waals surface area contributed by atoms with Gasteiger partial charge in [0.05, 0.1) is 12.6 Å². The van der Waals surface area contributed by atoms with Crippen LogP contribution in [0, 0.1) is 0 Å². The highest BCUT2D eigenvalue weighted by Gasteiger charge is 2.27. The highest BCUT2D eigenvalue weighted by molar-refractivity contribution is 5.81. The van der Waals surface area contributed by atoms with Crippen molar-refractivity contribution in [3.05, 3.63) is 30.3 Å². The molecule has 1 aromatic carbocycles. The Kier molecular flexibility index (Phi) is 7.50. The molecule has 0 saturated carbocycles. The number of likely N-dealkylation sites (tertiary alicyclic amines) is 1. The third-order valence-corrected chi connectivity index (χ3v) is 5.77. The second kappa shape index (κ2) is 10.1. The molecular formula is C21H34N4O2. The standard InChI is InChI=1S/C21H34N4O2/c1-18(22-19-8-10-23(11-9-19)16-17-27-2)21(26)25-14-12-24(13-15-25)20-6-4-3-5-7-20/h3-7,18-19,22H,8-17H2,1-2H3/t18-/m1/s1. The fourth-order valence-electron chi connectivity index (χ4n) is 4.07. The summed E-state index contributed by atoms with van der Waals surface area (Å²) in [5, 5.41) is 3.57. The zero-order chi connectivity index (χ0) is 19.1. The number of methoxy groups -OCH3 is 1. The molecule has 2 aliphatic rings. The monoisotopic (exact) mass is 374 g/mol. The Balaban J connectivity index is 1.40. The van der Waals surface area contributed by atoms with Gasteiger partial charge in [-0.15, -0.1) is 0 Å². The summed E-state index contributed by atoms with van der Waals surface area (Å²) in [7, 11) is 1.75. The molecule has 0 spiro atoms. The molecule has 1 amide bonds. The number of piperazine rings is 1. The maximum Gasteiger partial charge on any atom is 0.239 e. The molecule has 0 unspecified atom stereocenters. The van der Waals surface area contributed by atoms with Crippen LogP contribution < -0.4 is 10.2 Å². The Hall–Kier alpha value is -1.63. The lowest BCUT2D eigenvalue weighted by Crippen LogP contribution is -2.55. The molecule has 6 heteroatoms. The van der Waals surface area contributed by atoms with Gasteiger partial charge in [0, 0.05) is 51.6 Å². The van der Waals surface area contributed by atoms with Crippen molar-refractivity contribution in [3.8, 4) is 0 Å². The number of ether oxygens (including phenoxy) is 1. The molecule has 3 rings (SSSR count). The lowest BCUT2D eigenvalue weighted by Gasteiger charge is -2.38. The second-order valence-corrected chi connectivity index (χ2v) is 7.64. The minimum absolute atomic E-state index is 0.108. The summed E-state index contributed by atoms with van der Waals surface area (Å²) in [5.74, 6) is 0.240. The average Bonchev–Trinajstić information content (AvgIpc) is 2.73. The molecule has 2 fully saturated rings. The summed E-state index contributed by atoms with van der Waals surface area (Å²) in [6.45, 7) is 9.38. The van der Waals surface area contributed by atoms with Crippen molar-refractivity contribution in [2.45, 2.75) is 31.8 Å². The molecular weight excluding hydrogens is 340 g/mol. The molecule has 27 heavy (non-hydrogen) atoms. The Bertz CT molecular complexity index is 567. The first-order chi connectivity index (χ1) is 13.2. The van der Waals surface area contributed by atoms with Gasteiger partial charge in [-0.25, -0.2) is 0 Å². The minimum atomic E-state index is -0.108. The Morgan fingerprint density at radius 2 is 1.78 bits per heavy atom. The van der Waals surface area contributed by atoms with Crippen molar-refractivity contribution in [2.75, 3.05) is 64.4 Å². The molecule has 0 aliphatic carbocycles. The zero-order valence-corrected chi connectivity index (χ0v) is 16.8. The molecule has 1 aromatic rings. The number of anilines is 1. The van der Waals surface area contributed by atoms with Gasteiger partial charge in [0.1, 0.15) is 0 Å². The van der Waals surface area contributed by atoms with Crippen LogP contribution in [0.15, 0.2) is 30.3 Å². The number of nitrogens with zero attached hydrogens (tertiary/aromatic N) is 3. The number of hydrogen-bond donors (Lipinski definition) is 1.